The zero-order valence-corrected chi connectivity index (χ0v) is 22.2. The maximum Gasteiger partial charge on any atom is 0.407 e. The summed E-state index contributed by atoms with van der Waals surface area (Å²) in [6.45, 7) is 0.851. The van der Waals surface area contributed by atoms with Gasteiger partial charge in [-0.25, -0.2) is 27.3 Å². The highest BCUT2D eigenvalue weighted by molar-refractivity contribution is 14.1. The molecular formula is C23H24FIN4O6S. The summed E-state index contributed by atoms with van der Waals surface area (Å²) >= 11 is 1.96. The van der Waals surface area contributed by atoms with Crippen LogP contribution in [0.4, 0.5) is 9.18 Å². The van der Waals surface area contributed by atoms with E-state index in [0.717, 1.165) is 6.42 Å². The van der Waals surface area contributed by atoms with E-state index in [4.69, 9.17) is 4.42 Å². The summed E-state index contributed by atoms with van der Waals surface area (Å²) < 4.78 is 48.0. The highest BCUT2D eigenvalue weighted by atomic mass is 127. The highest BCUT2D eigenvalue weighted by Crippen LogP contribution is 2.34. The first-order chi connectivity index (χ1) is 17.1. The lowest BCUT2D eigenvalue weighted by atomic mass is 9.99. The normalized spacial score (nSPS) is 16.3. The second kappa shape index (κ2) is 10.7. The van der Waals surface area contributed by atoms with Crippen LogP contribution in [-0.4, -0.2) is 62.1 Å². The average molecular weight is 630 g/mol. The number of sulfonamides is 1. The number of likely N-dealkylation sites (tertiary alicyclic amines) is 1. The van der Waals surface area contributed by atoms with Gasteiger partial charge in [0.25, 0.3) is 5.91 Å². The topological polar surface area (TPSA) is 142 Å². The van der Waals surface area contributed by atoms with Crippen molar-refractivity contribution in [2.75, 3.05) is 26.7 Å². The van der Waals surface area contributed by atoms with Crippen molar-refractivity contribution in [2.45, 2.75) is 18.6 Å². The number of aromatic nitrogens is 1. The number of furan rings is 1. The van der Waals surface area contributed by atoms with Crippen molar-refractivity contribution in [3.63, 3.8) is 0 Å². The van der Waals surface area contributed by atoms with Gasteiger partial charge in [-0.1, -0.05) is 0 Å². The van der Waals surface area contributed by atoms with Gasteiger partial charge < -0.3 is 19.7 Å². The quantitative estimate of drug-likeness (QED) is 0.340. The zero-order valence-electron chi connectivity index (χ0n) is 19.3. The molecule has 10 nitrogen and oxygen atoms in total. The molecule has 0 spiro atoms. The lowest BCUT2D eigenvalue weighted by Gasteiger charge is -2.30. The van der Waals surface area contributed by atoms with Crippen LogP contribution in [0.25, 0.3) is 22.4 Å². The SMILES string of the molecule is CNC(=O)c1c(-c2ccc(F)cc2)oc2nc(CS(=O)(=O)NCC3CCCN(C(=O)O)C3)c(I)cc12. The Kier molecular flexibility index (Phi) is 7.80. The van der Waals surface area contributed by atoms with Crippen LogP contribution in [0.1, 0.15) is 28.9 Å². The zero-order chi connectivity index (χ0) is 26.0. The Bertz CT molecular complexity index is 1410. The molecule has 1 fully saturated rings. The van der Waals surface area contributed by atoms with Gasteiger partial charge in [-0.05, 0) is 71.7 Å². The van der Waals surface area contributed by atoms with Gasteiger partial charge in [0.2, 0.25) is 15.7 Å². The second-order valence-corrected chi connectivity index (χ2v) is 11.5. The van der Waals surface area contributed by atoms with Crippen molar-refractivity contribution in [3.05, 3.63) is 51.0 Å². The molecule has 36 heavy (non-hydrogen) atoms. The average Bonchev–Trinajstić information content (AvgIpc) is 3.21. The van der Waals surface area contributed by atoms with Gasteiger partial charge in [0.1, 0.15) is 17.3 Å². The lowest BCUT2D eigenvalue weighted by molar-refractivity contribution is 0.0964. The molecule has 2 aromatic heterocycles. The third-order valence-electron chi connectivity index (χ3n) is 5.98. The van der Waals surface area contributed by atoms with E-state index in [9.17, 15) is 27.5 Å². The summed E-state index contributed by atoms with van der Waals surface area (Å²) in [6, 6.07) is 7.10. The summed E-state index contributed by atoms with van der Waals surface area (Å²) in [4.78, 5) is 29.6. The smallest absolute Gasteiger partial charge is 0.407 e. The van der Waals surface area contributed by atoms with E-state index in [1.54, 1.807) is 6.07 Å². The Labute approximate surface area is 220 Å². The standard InChI is InChI=1S/C23H24FIN4O6S/c1-26-21(30)19-16-9-17(25)18(28-22(16)35-20(19)14-4-6-15(24)7-5-14)12-36(33,34)27-10-13-3-2-8-29(11-13)23(31)32/h4-7,9,13,27H,2-3,8,10-12H2,1H3,(H,26,30)(H,31,32). The summed E-state index contributed by atoms with van der Waals surface area (Å²) in [5, 5.41) is 12.1. The van der Waals surface area contributed by atoms with Crippen LogP contribution in [0, 0.1) is 15.3 Å². The van der Waals surface area contributed by atoms with Gasteiger partial charge in [-0.3, -0.25) is 4.79 Å². The Morgan fingerprint density at radius 1 is 1.31 bits per heavy atom. The number of pyridine rings is 1. The largest absolute Gasteiger partial charge is 0.465 e. The monoisotopic (exact) mass is 630 g/mol. The van der Waals surface area contributed by atoms with Crippen molar-refractivity contribution in [1.29, 1.82) is 0 Å². The predicted octanol–water partition coefficient (Wildman–Crippen LogP) is 3.41. The number of hydrogen-bond acceptors (Lipinski definition) is 6. The second-order valence-electron chi connectivity index (χ2n) is 8.51. The van der Waals surface area contributed by atoms with Crippen LogP contribution in [0.15, 0.2) is 34.7 Å². The molecule has 1 aliphatic rings. The predicted molar refractivity (Wildman–Crippen MR) is 138 cm³/mol. The van der Waals surface area contributed by atoms with Gasteiger partial charge in [0.15, 0.2) is 0 Å². The number of halogens is 2. The van der Waals surface area contributed by atoms with Crippen molar-refractivity contribution >= 4 is 55.7 Å². The van der Waals surface area contributed by atoms with E-state index in [1.165, 1.54) is 36.2 Å². The Morgan fingerprint density at radius 3 is 2.69 bits per heavy atom. The van der Waals surface area contributed by atoms with E-state index < -0.39 is 33.6 Å². The highest BCUT2D eigenvalue weighted by Gasteiger charge is 2.27. The van der Waals surface area contributed by atoms with E-state index in [2.05, 4.69) is 15.0 Å². The summed E-state index contributed by atoms with van der Waals surface area (Å²) in [5.41, 5.74) is 1.02. The van der Waals surface area contributed by atoms with Crippen molar-refractivity contribution < 1.29 is 31.9 Å². The molecule has 1 atom stereocenters. The van der Waals surface area contributed by atoms with Crippen LogP contribution in [-0.2, 0) is 15.8 Å². The minimum atomic E-state index is -3.79. The molecule has 0 saturated carbocycles. The maximum absolute atomic E-state index is 13.4. The molecule has 13 heteroatoms. The minimum Gasteiger partial charge on any atom is -0.465 e. The third-order valence-corrected chi connectivity index (χ3v) is 8.17. The summed E-state index contributed by atoms with van der Waals surface area (Å²) in [6.07, 6.45) is 0.399. The number of piperidine rings is 1. The van der Waals surface area contributed by atoms with Crippen LogP contribution in [0.5, 0.6) is 0 Å². The number of carbonyl (C=O) groups is 2. The number of hydrogen-bond donors (Lipinski definition) is 3. The number of nitrogens with zero attached hydrogens (tertiary/aromatic N) is 2. The number of fused-ring (bicyclic) bond motifs is 1. The number of benzene rings is 1. The number of carboxylic acid groups (broad SMARTS) is 1. The first-order valence-corrected chi connectivity index (χ1v) is 13.9. The fourth-order valence-electron chi connectivity index (χ4n) is 4.17. The molecule has 1 saturated heterocycles. The van der Waals surface area contributed by atoms with E-state index in [1.807, 2.05) is 22.6 Å². The molecular weight excluding hydrogens is 606 g/mol. The Hall–Kier alpha value is -2.78. The lowest BCUT2D eigenvalue weighted by Crippen LogP contribution is -2.43. The molecule has 0 radical (unpaired) electrons. The molecule has 1 aliphatic heterocycles. The number of amides is 2. The number of carbonyl (C=O) groups excluding carboxylic acids is 1. The van der Waals surface area contributed by atoms with E-state index in [0.29, 0.717) is 27.5 Å². The first kappa shape index (κ1) is 26.3. The minimum absolute atomic E-state index is 0.0860. The third kappa shape index (κ3) is 5.78. The van der Waals surface area contributed by atoms with Crippen LogP contribution in [0.3, 0.4) is 0 Å². The Morgan fingerprint density at radius 2 is 2.03 bits per heavy atom. The Balaban J connectivity index is 1.59. The van der Waals surface area contributed by atoms with Gasteiger partial charge >= 0.3 is 6.09 Å². The molecule has 3 N–H and O–H groups in total. The molecule has 0 bridgehead atoms. The van der Waals surface area contributed by atoms with Crippen molar-refractivity contribution in [3.8, 4) is 11.3 Å². The van der Waals surface area contributed by atoms with Crippen LogP contribution in [0.2, 0.25) is 0 Å². The molecule has 192 valence electrons. The van der Waals surface area contributed by atoms with Crippen molar-refractivity contribution in [1.82, 2.24) is 19.9 Å². The fourth-order valence-corrected chi connectivity index (χ4v) is 6.23. The first-order valence-electron chi connectivity index (χ1n) is 11.1. The summed E-state index contributed by atoms with van der Waals surface area (Å²) in [7, 11) is -2.32. The maximum atomic E-state index is 13.4. The van der Waals surface area contributed by atoms with Crippen LogP contribution < -0.4 is 10.0 Å². The van der Waals surface area contributed by atoms with E-state index >= 15 is 0 Å². The molecule has 4 rings (SSSR count). The van der Waals surface area contributed by atoms with Crippen LogP contribution >= 0.6 is 22.6 Å². The number of rotatable bonds is 7. The molecule has 3 aromatic rings. The number of nitrogens with one attached hydrogen (secondary N) is 2. The molecule has 0 aliphatic carbocycles. The van der Waals surface area contributed by atoms with Gasteiger partial charge in [-0.2, -0.15) is 0 Å². The van der Waals surface area contributed by atoms with Gasteiger partial charge in [0.05, 0.1) is 16.6 Å². The summed E-state index contributed by atoms with van der Waals surface area (Å²) in [5.74, 6) is -1.19. The molecule has 3 heterocycles. The van der Waals surface area contributed by atoms with Crippen molar-refractivity contribution in [2.24, 2.45) is 5.92 Å². The molecule has 1 aromatic carbocycles. The molecule has 1 unspecified atom stereocenters. The van der Waals surface area contributed by atoms with E-state index in [-0.39, 0.29) is 41.7 Å². The molecule has 2 amide bonds. The fraction of sp³-hybridized carbons (Fsp3) is 0.348. The van der Waals surface area contributed by atoms with Gasteiger partial charge in [0, 0.05) is 35.8 Å². The van der Waals surface area contributed by atoms with Gasteiger partial charge in [-0.15, -0.1) is 0 Å².